The molecule has 0 aliphatic carbocycles. The standard InChI is InChI=1S/C12H11ClFIN2/c1-7-12(15)8(2)17(16-7)6-9-5-10(14)3-4-11(9)13/h3-5H,6H2,1-2H3. The number of aromatic nitrogens is 2. The maximum Gasteiger partial charge on any atom is 0.123 e. The Bertz CT molecular complexity index is 566. The summed E-state index contributed by atoms with van der Waals surface area (Å²) in [5.74, 6) is -0.277. The van der Waals surface area contributed by atoms with Crippen LogP contribution in [0.3, 0.4) is 0 Å². The van der Waals surface area contributed by atoms with Gasteiger partial charge in [0.05, 0.1) is 15.8 Å². The van der Waals surface area contributed by atoms with Crippen molar-refractivity contribution in [1.82, 2.24) is 9.78 Å². The van der Waals surface area contributed by atoms with E-state index in [-0.39, 0.29) is 5.82 Å². The molecule has 5 heteroatoms. The predicted molar refractivity (Wildman–Crippen MR) is 74.9 cm³/mol. The summed E-state index contributed by atoms with van der Waals surface area (Å²) in [5, 5.41) is 4.97. The summed E-state index contributed by atoms with van der Waals surface area (Å²) >= 11 is 8.29. The largest absolute Gasteiger partial charge is 0.264 e. The molecule has 0 atom stereocenters. The highest BCUT2D eigenvalue weighted by Crippen LogP contribution is 2.21. The van der Waals surface area contributed by atoms with E-state index in [1.807, 2.05) is 18.5 Å². The van der Waals surface area contributed by atoms with Crippen LogP contribution in [0.4, 0.5) is 4.39 Å². The van der Waals surface area contributed by atoms with Gasteiger partial charge < -0.3 is 0 Å². The molecule has 0 amide bonds. The third kappa shape index (κ3) is 2.63. The fraction of sp³-hybridized carbons (Fsp3) is 0.250. The fourth-order valence-corrected chi connectivity index (χ4v) is 2.22. The minimum Gasteiger partial charge on any atom is -0.264 e. The summed E-state index contributed by atoms with van der Waals surface area (Å²) in [6.45, 7) is 4.44. The van der Waals surface area contributed by atoms with Crippen LogP contribution in [0.25, 0.3) is 0 Å². The summed E-state index contributed by atoms with van der Waals surface area (Å²) in [6.07, 6.45) is 0. The van der Waals surface area contributed by atoms with Gasteiger partial charge in [0.1, 0.15) is 5.82 Å². The first-order valence-electron chi connectivity index (χ1n) is 5.12. The van der Waals surface area contributed by atoms with Gasteiger partial charge in [0.2, 0.25) is 0 Å². The van der Waals surface area contributed by atoms with E-state index in [0.717, 1.165) is 20.5 Å². The van der Waals surface area contributed by atoms with Gasteiger partial charge in [-0.2, -0.15) is 5.10 Å². The van der Waals surface area contributed by atoms with Crippen LogP contribution >= 0.6 is 34.2 Å². The Morgan fingerprint density at radius 2 is 2.12 bits per heavy atom. The smallest absolute Gasteiger partial charge is 0.123 e. The summed E-state index contributed by atoms with van der Waals surface area (Å²) in [7, 11) is 0. The van der Waals surface area contributed by atoms with Gasteiger partial charge in [-0.3, -0.25) is 4.68 Å². The van der Waals surface area contributed by atoms with E-state index in [4.69, 9.17) is 11.6 Å². The number of rotatable bonds is 2. The number of nitrogens with zero attached hydrogens (tertiary/aromatic N) is 2. The Morgan fingerprint density at radius 1 is 1.41 bits per heavy atom. The van der Waals surface area contributed by atoms with Gasteiger partial charge in [-0.1, -0.05) is 11.6 Å². The number of hydrogen-bond donors (Lipinski definition) is 0. The first-order chi connectivity index (χ1) is 7.99. The Kier molecular flexibility index (Phi) is 3.73. The lowest BCUT2D eigenvalue weighted by Crippen LogP contribution is -2.05. The van der Waals surface area contributed by atoms with Crippen LogP contribution in [0.5, 0.6) is 0 Å². The van der Waals surface area contributed by atoms with Crippen molar-refractivity contribution >= 4 is 34.2 Å². The molecular formula is C12H11ClFIN2. The minimum absolute atomic E-state index is 0.277. The van der Waals surface area contributed by atoms with Crippen LogP contribution in [0.1, 0.15) is 17.0 Å². The Hall–Kier alpha value is -0.620. The normalized spacial score (nSPS) is 10.9. The quantitative estimate of drug-likeness (QED) is 0.738. The molecule has 1 aromatic carbocycles. The third-order valence-corrected chi connectivity index (χ3v) is 4.55. The lowest BCUT2D eigenvalue weighted by atomic mass is 10.2. The monoisotopic (exact) mass is 364 g/mol. The SMILES string of the molecule is Cc1nn(Cc2cc(F)ccc2Cl)c(C)c1I. The van der Waals surface area contributed by atoms with Crippen molar-refractivity contribution in [3.63, 3.8) is 0 Å². The van der Waals surface area contributed by atoms with E-state index in [1.54, 1.807) is 6.07 Å². The summed E-state index contributed by atoms with van der Waals surface area (Å²) in [6, 6.07) is 4.38. The van der Waals surface area contributed by atoms with Crippen LogP contribution in [0.2, 0.25) is 5.02 Å². The van der Waals surface area contributed by atoms with E-state index in [0.29, 0.717) is 11.6 Å². The summed E-state index contributed by atoms with van der Waals surface area (Å²) in [4.78, 5) is 0. The highest BCUT2D eigenvalue weighted by Gasteiger charge is 2.10. The predicted octanol–water partition coefficient (Wildman–Crippen LogP) is 3.95. The molecule has 2 aromatic rings. The Labute approximate surface area is 118 Å². The number of hydrogen-bond acceptors (Lipinski definition) is 1. The molecule has 1 heterocycles. The van der Waals surface area contributed by atoms with E-state index in [2.05, 4.69) is 27.7 Å². The average Bonchev–Trinajstić information content (AvgIpc) is 2.52. The molecule has 0 radical (unpaired) electrons. The first-order valence-corrected chi connectivity index (χ1v) is 6.58. The minimum atomic E-state index is -0.277. The van der Waals surface area contributed by atoms with Crippen molar-refractivity contribution in [2.45, 2.75) is 20.4 Å². The van der Waals surface area contributed by atoms with Crippen molar-refractivity contribution < 1.29 is 4.39 Å². The lowest BCUT2D eigenvalue weighted by molar-refractivity contribution is 0.615. The van der Waals surface area contributed by atoms with Crippen molar-refractivity contribution in [1.29, 1.82) is 0 Å². The Balaban J connectivity index is 2.37. The van der Waals surface area contributed by atoms with Gasteiger partial charge in [-0.25, -0.2) is 4.39 Å². The zero-order chi connectivity index (χ0) is 12.6. The van der Waals surface area contributed by atoms with Crippen molar-refractivity contribution in [3.8, 4) is 0 Å². The van der Waals surface area contributed by atoms with E-state index >= 15 is 0 Å². The number of halogens is 3. The highest BCUT2D eigenvalue weighted by atomic mass is 127. The maximum absolute atomic E-state index is 13.1. The molecule has 0 bridgehead atoms. The van der Waals surface area contributed by atoms with Crippen LogP contribution in [-0.2, 0) is 6.54 Å². The third-order valence-electron chi connectivity index (χ3n) is 2.62. The molecular weight excluding hydrogens is 354 g/mol. The zero-order valence-corrected chi connectivity index (χ0v) is 12.4. The second-order valence-electron chi connectivity index (χ2n) is 3.88. The van der Waals surface area contributed by atoms with Crippen molar-refractivity contribution in [2.24, 2.45) is 0 Å². The fourth-order valence-electron chi connectivity index (χ4n) is 1.65. The van der Waals surface area contributed by atoms with E-state index < -0.39 is 0 Å². The second-order valence-corrected chi connectivity index (χ2v) is 5.36. The lowest BCUT2D eigenvalue weighted by Gasteiger charge is -2.07. The molecule has 2 nitrogen and oxygen atoms in total. The van der Waals surface area contributed by atoms with E-state index in [1.165, 1.54) is 12.1 Å². The number of aryl methyl sites for hydroxylation is 1. The molecule has 0 N–H and O–H groups in total. The van der Waals surface area contributed by atoms with Crippen LogP contribution in [0, 0.1) is 23.2 Å². The molecule has 0 spiro atoms. The van der Waals surface area contributed by atoms with Gasteiger partial charge in [-0.15, -0.1) is 0 Å². The second kappa shape index (κ2) is 4.94. The van der Waals surface area contributed by atoms with Gasteiger partial charge in [-0.05, 0) is 60.2 Å². The molecule has 0 unspecified atom stereocenters. The molecule has 0 saturated carbocycles. The van der Waals surface area contributed by atoms with Crippen molar-refractivity contribution in [3.05, 3.63) is 49.6 Å². The van der Waals surface area contributed by atoms with E-state index in [9.17, 15) is 4.39 Å². The van der Waals surface area contributed by atoms with Gasteiger partial charge in [0, 0.05) is 10.7 Å². The average molecular weight is 365 g/mol. The van der Waals surface area contributed by atoms with Gasteiger partial charge in [0.15, 0.2) is 0 Å². The molecule has 17 heavy (non-hydrogen) atoms. The first kappa shape index (κ1) is 12.8. The van der Waals surface area contributed by atoms with Crippen LogP contribution < -0.4 is 0 Å². The molecule has 2 rings (SSSR count). The number of benzene rings is 1. The van der Waals surface area contributed by atoms with Gasteiger partial charge in [0.25, 0.3) is 0 Å². The topological polar surface area (TPSA) is 17.8 Å². The molecule has 0 aliphatic rings. The molecule has 0 saturated heterocycles. The summed E-state index contributed by atoms with van der Waals surface area (Å²) < 4.78 is 16.1. The molecule has 0 aliphatic heterocycles. The highest BCUT2D eigenvalue weighted by molar-refractivity contribution is 14.1. The molecule has 1 aromatic heterocycles. The van der Waals surface area contributed by atoms with Crippen LogP contribution in [0.15, 0.2) is 18.2 Å². The Morgan fingerprint density at radius 3 is 2.71 bits per heavy atom. The van der Waals surface area contributed by atoms with Gasteiger partial charge >= 0.3 is 0 Å². The summed E-state index contributed by atoms with van der Waals surface area (Å²) in [5.41, 5.74) is 2.80. The molecule has 90 valence electrons. The molecule has 0 fully saturated rings. The van der Waals surface area contributed by atoms with Crippen LogP contribution in [-0.4, -0.2) is 9.78 Å². The maximum atomic E-state index is 13.1. The zero-order valence-electron chi connectivity index (χ0n) is 9.47. The van der Waals surface area contributed by atoms with Crippen molar-refractivity contribution in [2.75, 3.05) is 0 Å².